The first-order valence-corrected chi connectivity index (χ1v) is 7.12. The Hall–Kier alpha value is -0.843. The topological polar surface area (TPSA) is 30.5 Å². The van der Waals surface area contributed by atoms with E-state index in [2.05, 4.69) is 5.32 Å². The van der Waals surface area contributed by atoms with Crippen molar-refractivity contribution in [3.8, 4) is 0 Å². The van der Waals surface area contributed by atoms with Crippen LogP contribution in [0.1, 0.15) is 0 Å². The van der Waals surface area contributed by atoms with Crippen molar-refractivity contribution in [1.82, 2.24) is 0 Å². The lowest BCUT2D eigenvalue weighted by Gasteiger charge is -2.23. The standard InChI is InChI=1S/C10H17NO2Si/c1-12-14(3,13-2)9-11-10-7-5-4-6-8-10/h4-8,11H,9H2,1-3H3. The highest BCUT2D eigenvalue weighted by Gasteiger charge is 2.28. The van der Waals surface area contributed by atoms with Gasteiger partial charge in [0.25, 0.3) is 0 Å². The van der Waals surface area contributed by atoms with Crippen LogP contribution in [0.5, 0.6) is 0 Å². The Balaban J connectivity index is 2.48. The second kappa shape index (κ2) is 5.14. The third-order valence-corrected chi connectivity index (χ3v) is 4.80. The molecule has 4 heteroatoms. The summed E-state index contributed by atoms with van der Waals surface area (Å²) in [6, 6.07) is 10.1. The predicted molar refractivity (Wildman–Crippen MR) is 60.6 cm³/mol. The smallest absolute Gasteiger partial charge is 0.354 e. The molecule has 0 aliphatic rings. The van der Waals surface area contributed by atoms with Crippen LogP contribution in [-0.2, 0) is 8.85 Å². The van der Waals surface area contributed by atoms with Crippen LogP contribution >= 0.6 is 0 Å². The zero-order valence-corrected chi connectivity index (χ0v) is 9.91. The van der Waals surface area contributed by atoms with Crippen molar-refractivity contribution in [1.29, 1.82) is 0 Å². The molecule has 3 nitrogen and oxygen atoms in total. The maximum Gasteiger partial charge on any atom is 0.354 e. The van der Waals surface area contributed by atoms with Crippen LogP contribution in [0, 0.1) is 0 Å². The molecule has 0 saturated carbocycles. The fourth-order valence-electron chi connectivity index (χ4n) is 1.05. The van der Waals surface area contributed by atoms with Gasteiger partial charge in [0.05, 0.1) is 6.17 Å². The molecule has 0 fully saturated rings. The van der Waals surface area contributed by atoms with Gasteiger partial charge in [0.15, 0.2) is 0 Å². The van der Waals surface area contributed by atoms with Gasteiger partial charge in [-0.15, -0.1) is 0 Å². The number of benzene rings is 1. The van der Waals surface area contributed by atoms with Gasteiger partial charge >= 0.3 is 8.56 Å². The minimum absolute atomic E-state index is 0.754. The van der Waals surface area contributed by atoms with E-state index in [4.69, 9.17) is 8.85 Å². The summed E-state index contributed by atoms with van der Waals surface area (Å²) < 4.78 is 10.7. The quantitative estimate of drug-likeness (QED) is 0.756. The molecule has 0 heterocycles. The maximum absolute atomic E-state index is 5.36. The average Bonchev–Trinajstić information content (AvgIpc) is 2.27. The molecule has 0 aliphatic carbocycles. The molecule has 0 saturated heterocycles. The highest BCUT2D eigenvalue weighted by molar-refractivity contribution is 6.66. The van der Waals surface area contributed by atoms with Gasteiger partial charge < -0.3 is 14.2 Å². The van der Waals surface area contributed by atoms with Crippen molar-refractivity contribution >= 4 is 14.2 Å². The number of anilines is 1. The molecule has 0 bridgehead atoms. The fraction of sp³-hybridized carbons (Fsp3) is 0.400. The van der Waals surface area contributed by atoms with Crippen molar-refractivity contribution in [2.24, 2.45) is 0 Å². The Morgan fingerprint density at radius 1 is 1.14 bits per heavy atom. The second-order valence-corrected chi connectivity index (χ2v) is 6.70. The van der Waals surface area contributed by atoms with Crippen LogP contribution in [0.15, 0.2) is 30.3 Å². The number of rotatable bonds is 5. The first-order valence-electron chi connectivity index (χ1n) is 4.59. The Morgan fingerprint density at radius 3 is 2.21 bits per heavy atom. The third kappa shape index (κ3) is 3.14. The number of hydrogen-bond acceptors (Lipinski definition) is 3. The molecular weight excluding hydrogens is 194 g/mol. The molecule has 78 valence electrons. The lowest BCUT2D eigenvalue weighted by atomic mass is 10.3. The molecule has 0 aliphatic heterocycles. The van der Waals surface area contributed by atoms with Crippen molar-refractivity contribution in [3.05, 3.63) is 30.3 Å². The fourth-order valence-corrected chi connectivity index (χ4v) is 2.03. The molecule has 0 amide bonds. The third-order valence-electron chi connectivity index (χ3n) is 2.25. The maximum atomic E-state index is 5.36. The van der Waals surface area contributed by atoms with Crippen molar-refractivity contribution < 1.29 is 8.85 Å². The molecular formula is C10H17NO2Si. The van der Waals surface area contributed by atoms with Crippen molar-refractivity contribution in [2.45, 2.75) is 6.55 Å². The van der Waals surface area contributed by atoms with E-state index in [-0.39, 0.29) is 0 Å². The van der Waals surface area contributed by atoms with Crippen LogP contribution in [0.25, 0.3) is 0 Å². The minimum atomic E-state index is -1.99. The summed E-state index contributed by atoms with van der Waals surface area (Å²) >= 11 is 0. The van der Waals surface area contributed by atoms with E-state index in [9.17, 15) is 0 Å². The van der Waals surface area contributed by atoms with Gasteiger partial charge in [-0.3, -0.25) is 0 Å². The summed E-state index contributed by atoms with van der Waals surface area (Å²) in [7, 11) is 1.40. The Labute approximate surface area is 86.3 Å². The number of hydrogen-bond donors (Lipinski definition) is 1. The van der Waals surface area contributed by atoms with Gasteiger partial charge in [0.2, 0.25) is 0 Å². The van der Waals surface area contributed by atoms with Gasteiger partial charge in [-0.1, -0.05) is 18.2 Å². The molecule has 1 aromatic carbocycles. The molecule has 1 aromatic rings. The van der Waals surface area contributed by atoms with Gasteiger partial charge in [-0.2, -0.15) is 0 Å². The van der Waals surface area contributed by atoms with Crippen LogP contribution in [0.3, 0.4) is 0 Å². The van der Waals surface area contributed by atoms with E-state index in [1.54, 1.807) is 14.2 Å². The zero-order chi connectivity index (χ0) is 10.4. The van der Waals surface area contributed by atoms with Gasteiger partial charge in [-0.05, 0) is 18.7 Å². The van der Waals surface area contributed by atoms with Crippen LogP contribution < -0.4 is 5.32 Å². The van der Waals surface area contributed by atoms with E-state index in [1.807, 2.05) is 36.9 Å². The van der Waals surface area contributed by atoms with Gasteiger partial charge in [-0.25, -0.2) is 0 Å². The van der Waals surface area contributed by atoms with E-state index in [0.29, 0.717) is 0 Å². The van der Waals surface area contributed by atoms with Crippen molar-refractivity contribution in [3.63, 3.8) is 0 Å². The van der Waals surface area contributed by atoms with E-state index in [1.165, 1.54) is 0 Å². The molecule has 0 spiro atoms. The lowest BCUT2D eigenvalue weighted by molar-refractivity contribution is 0.253. The molecule has 0 unspecified atom stereocenters. The number of para-hydroxylation sites is 1. The molecule has 14 heavy (non-hydrogen) atoms. The SMILES string of the molecule is CO[Si](C)(CNc1ccccc1)OC. The molecule has 0 radical (unpaired) electrons. The summed E-state index contributed by atoms with van der Waals surface area (Å²) in [5, 5.41) is 3.30. The Morgan fingerprint density at radius 2 is 1.71 bits per heavy atom. The summed E-state index contributed by atoms with van der Waals surface area (Å²) in [4.78, 5) is 0. The molecule has 1 rings (SSSR count). The van der Waals surface area contributed by atoms with Crippen LogP contribution in [-0.4, -0.2) is 28.9 Å². The highest BCUT2D eigenvalue weighted by atomic mass is 28.4. The first-order chi connectivity index (χ1) is 6.70. The second-order valence-electron chi connectivity index (χ2n) is 3.26. The molecule has 0 atom stereocenters. The largest absolute Gasteiger partial charge is 0.397 e. The van der Waals surface area contributed by atoms with Gasteiger partial charge in [0, 0.05) is 19.9 Å². The summed E-state index contributed by atoms with van der Waals surface area (Å²) in [5.74, 6) is 0. The van der Waals surface area contributed by atoms with E-state index >= 15 is 0 Å². The van der Waals surface area contributed by atoms with E-state index < -0.39 is 8.56 Å². The average molecular weight is 211 g/mol. The minimum Gasteiger partial charge on any atom is -0.397 e. The van der Waals surface area contributed by atoms with Crippen molar-refractivity contribution in [2.75, 3.05) is 25.7 Å². The normalized spacial score (nSPS) is 11.4. The highest BCUT2D eigenvalue weighted by Crippen LogP contribution is 2.09. The summed E-state index contributed by atoms with van der Waals surface area (Å²) in [6.45, 7) is 2.03. The Bertz CT molecular complexity index is 262. The zero-order valence-electron chi connectivity index (χ0n) is 8.91. The molecule has 1 N–H and O–H groups in total. The summed E-state index contributed by atoms with van der Waals surface area (Å²) in [5.41, 5.74) is 1.10. The summed E-state index contributed by atoms with van der Waals surface area (Å²) in [6.07, 6.45) is 0.754. The van der Waals surface area contributed by atoms with Gasteiger partial charge in [0.1, 0.15) is 0 Å². The molecule has 0 aromatic heterocycles. The van der Waals surface area contributed by atoms with Crippen LogP contribution in [0.4, 0.5) is 5.69 Å². The predicted octanol–water partition coefficient (Wildman–Crippen LogP) is 2.00. The Kier molecular flexibility index (Phi) is 4.12. The first kappa shape index (κ1) is 11.2. The van der Waals surface area contributed by atoms with Crippen LogP contribution in [0.2, 0.25) is 6.55 Å². The van der Waals surface area contributed by atoms with E-state index in [0.717, 1.165) is 11.9 Å². The monoisotopic (exact) mass is 211 g/mol. The lowest BCUT2D eigenvalue weighted by Crippen LogP contribution is -2.44. The number of nitrogens with one attached hydrogen (secondary N) is 1.